The maximum atomic E-state index is 5.62. The molecule has 1 atom stereocenters. The Morgan fingerprint density at radius 2 is 1.78 bits per heavy atom. The minimum Gasteiger partial charge on any atom is -0.496 e. The van der Waals surface area contributed by atoms with Gasteiger partial charge in [0.15, 0.2) is 0 Å². The molecule has 0 saturated carbocycles. The summed E-state index contributed by atoms with van der Waals surface area (Å²) in [7, 11) is 3.21. The number of nitrogens with two attached hydrogens (primary N) is 1. The third-order valence-corrected chi connectivity index (χ3v) is 2.75. The molecular formula is C13H16N2O3. The largest absolute Gasteiger partial charge is 0.496 e. The molecule has 0 radical (unpaired) electrons. The summed E-state index contributed by atoms with van der Waals surface area (Å²) in [4.78, 5) is 0. The minimum absolute atomic E-state index is 0.328. The number of rotatable bonds is 5. The van der Waals surface area contributed by atoms with Crippen LogP contribution in [0.25, 0.3) is 0 Å². The van der Waals surface area contributed by atoms with E-state index >= 15 is 0 Å². The minimum atomic E-state index is -0.328. The molecule has 1 aromatic carbocycles. The van der Waals surface area contributed by atoms with Crippen LogP contribution in [0.15, 0.2) is 41.0 Å². The van der Waals surface area contributed by atoms with Crippen molar-refractivity contribution in [3.8, 4) is 11.5 Å². The van der Waals surface area contributed by atoms with Crippen LogP contribution in [0, 0.1) is 0 Å². The van der Waals surface area contributed by atoms with Crippen molar-refractivity contribution in [3.63, 3.8) is 0 Å². The van der Waals surface area contributed by atoms with Gasteiger partial charge in [-0.15, -0.1) is 0 Å². The SMILES string of the molecule is COc1cccc(OC)c1C(NN)c1ccco1. The van der Waals surface area contributed by atoms with E-state index in [0.717, 1.165) is 5.56 Å². The lowest BCUT2D eigenvalue weighted by Crippen LogP contribution is -2.29. The predicted octanol–water partition coefficient (Wildman–Crippen LogP) is 1.85. The molecule has 5 heteroatoms. The highest BCUT2D eigenvalue weighted by molar-refractivity contribution is 5.49. The molecule has 0 saturated heterocycles. The van der Waals surface area contributed by atoms with Crippen molar-refractivity contribution in [3.05, 3.63) is 47.9 Å². The topological polar surface area (TPSA) is 69.7 Å². The van der Waals surface area contributed by atoms with Gasteiger partial charge in [0.25, 0.3) is 0 Å². The van der Waals surface area contributed by atoms with E-state index < -0.39 is 0 Å². The molecule has 96 valence electrons. The number of methoxy groups -OCH3 is 2. The maximum absolute atomic E-state index is 5.62. The quantitative estimate of drug-likeness (QED) is 0.624. The van der Waals surface area contributed by atoms with Crippen LogP contribution in [0.5, 0.6) is 11.5 Å². The molecule has 0 aliphatic heterocycles. The van der Waals surface area contributed by atoms with Crippen LogP contribution in [0.2, 0.25) is 0 Å². The average Bonchev–Trinajstić information content (AvgIpc) is 2.93. The number of hydrazine groups is 1. The second-order valence-corrected chi connectivity index (χ2v) is 3.69. The molecule has 2 aromatic rings. The summed E-state index contributed by atoms with van der Waals surface area (Å²) in [6.45, 7) is 0. The first-order chi connectivity index (χ1) is 8.81. The monoisotopic (exact) mass is 248 g/mol. The lowest BCUT2D eigenvalue weighted by Gasteiger charge is -2.19. The Bertz CT molecular complexity index is 475. The first kappa shape index (κ1) is 12.5. The molecule has 1 heterocycles. The molecule has 0 aliphatic rings. The highest BCUT2D eigenvalue weighted by atomic mass is 16.5. The average molecular weight is 248 g/mol. The molecule has 0 fully saturated rings. The summed E-state index contributed by atoms with van der Waals surface area (Å²) in [5.41, 5.74) is 3.52. The van der Waals surface area contributed by atoms with Gasteiger partial charge in [0.05, 0.1) is 26.0 Å². The van der Waals surface area contributed by atoms with Crippen molar-refractivity contribution in [1.29, 1.82) is 0 Å². The van der Waals surface area contributed by atoms with Gasteiger partial charge in [-0.05, 0) is 24.3 Å². The zero-order valence-electron chi connectivity index (χ0n) is 10.3. The van der Waals surface area contributed by atoms with E-state index in [9.17, 15) is 0 Å². The number of furan rings is 1. The van der Waals surface area contributed by atoms with E-state index in [1.165, 1.54) is 0 Å². The highest BCUT2D eigenvalue weighted by Crippen LogP contribution is 2.36. The fraction of sp³-hybridized carbons (Fsp3) is 0.231. The van der Waals surface area contributed by atoms with Crippen molar-refractivity contribution in [2.45, 2.75) is 6.04 Å². The molecule has 0 amide bonds. The van der Waals surface area contributed by atoms with Gasteiger partial charge < -0.3 is 13.9 Å². The van der Waals surface area contributed by atoms with E-state index in [-0.39, 0.29) is 6.04 Å². The van der Waals surface area contributed by atoms with Gasteiger partial charge in [-0.3, -0.25) is 5.84 Å². The second kappa shape index (κ2) is 5.57. The molecule has 18 heavy (non-hydrogen) atoms. The Labute approximate surface area is 105 Å². The zero-order valence-corrected chi connectivity index (χ0v) is 10.3. The molecule has 5 nitrogen and oxygen atoms in total. The lowest BCUT2D eigenvalue weighted by molar-refractivity contribution is 0.366. The molecule has 1 unspecified atom stereocenters. The first-order valence-corrected chi connectivity index (χ1v) is 5.52. The van der Waals surface area contributed by atoms with E-state index in [1.54, 1.807) is 20.5 Å². The molecule has 0 bridgehead atoms. The summed E-state index contributed by atoms with van der Waals surface area (Å²) in [6.07, 6.45) is 1.60. The summed E-state index contributed by atoms with van der Waals surface area (Å²) in [5.74, 6) is 7.69. The van der Waals surface area contributed by atoms with Gasteiger partial charge in [0.2, 0.25) is 0 Å². The van der Waals surface area contributed by atoms with Crippen LogP contribution >= 0.6 is 0 Å². The molecule has 0 aliphatic carbocycles. The summed E-state index contributed by atoms with van der Waals surface area (Å²) < 4.78 is 16.1. The molecule has 0 spiro atoms. The smallest absolute Gasteiger partial charge is 0.127 e. The van der Waals surface area contributed by atoms with Crippen LogP contribution in [0.1, 0.15) is 17.4 Å². The van der Waals surface area contributed by atoms with Crippen molar-refractivity contribution < 1.29 is 13.9 Å². The van der Waals surface area contributed by atoms with E-state index in [1.807, 2.05) is 30.3 Å². The number of hydrogen-bond donors (Lipinski definition) is 2. The predicted molar refractivity (Wildman–Crippen MR) is 67.4 cm³/mol. The summed E-state index contributed by atoms with van der Waals surface area (Å²) in [5, 5.41) is 0. The Hall–Kier alpha value is -1.98. The fourth-order valence-electron chi connectivity index (χ4n) is 1.93. The second-order valence-electron chi connectivity index (χ2n) is 3.69. The normalized spacial score (nSPS) is 12.2. The Morgan fingerprint density at radius 1 is 1.11 bits per heavy atom. The summed E-state index contributed by atoms with van der Waals surface area (Å²) >= 11 is 0. The number of nitrogens with one attached hydrogen (secondary N) is 1. The molecule has 2 rings (SSSR count). The van der Waals surface area contributed by atoms with Crippen molar-refractivity contribution in [2.75, 3.05) is 14.2 Å². The highest BCUT2D eigenvalue weighted by Gasteiger charge is 2.23. The van der Waals surface area contributed by atoms with Gasteiger partial charge >= 0.3 is 0 Å². The summed E-state index contributed by atoms with van der Waals surface area (Å²) in [6, 6.07) is 8.89. The number of hydrogen-bond acceptors (Lipinski definition) is 5. The van der Waals surface area contributed by atoms with Gasteiger partial charge in [0.1, 0.15) is 23.3 Å². The molecule has 1 aromatic heterocycles. The standard InChI is InChI=1S/C13H16N2O3/c1-16-9-5-3-6-10(17-2)12(9)13(15-14)11-7-4-8-18-11/h3-8,13,15H,14H2,1-2H3. The zero-order chi connectivity index (χ0) is 13.0. The molecule has 3 N–H and O–H groups in total. The Balaban J connectivity index is 2.53. The fourth-order valence-corrected chi connectivity index (χ4v) is 1.93. The van der Waals surface area contributed by atoms with Gasteiger partial charge in [0, 0.05) is 0 Å². The van der Waals surface area contributed by atoms with Crippen LogP contribution in [0.3, 0.4) is 0 Å². The van der Waals surface area contributed by atoms with Crippen LogP contribution in [0.4, 0.5) is 0 Å². The first-order valence-electron chi connectivity index (χ1n) is 5.52. The van der Waals surface area contributed by atoms with E-state index in [4.69, 9.17) is 19.7 Å². The third kappa shape index (κ3) is 2.18. The third-order valence-electron chi connectivity index (χ3n) is 2.75. The van der Waals surface area contributed by atoms with Gasteiger partial charge in [-0.25, -0.2) is 5.43 Å². The Morgan fingerprint density at radius 3 is 2.22 bits per heavy atom. The maximum Gasteiger partial charge on any atom is 0.127 e. The van der Waals surface area contributed by atoms with Crippen molar-refractivity contribution >= 4 is 0 Å². The van der Waals surface area contributed by atoms with Gasteiger partial charge in [-0.1, -0.05) is 6.07 Å². The van der Waals surface area contributed by atoms with Crippen LogP contribution in [-0.4, -0.2) is 14.2 Å². The molecular weight excluding hydrogens is 232 g/mol. The number of benzene rings is 1. The van der Waals surface area contributed by atoms with Crippen LogP contribution < -0.4 is 20.7 Å². The van der Waals surface area contributed by atoms with E-state index in [2.05, 4.69) is 5.43 Å². The Kier molecular flexibility index (Phi) is 3.86. The number of ether oxygens (including phenoxy) is 2. The van der Waals surface area contributed by atoms with Gasteiger partial charge in [-0.2, -0.15) is 0 Å². The van der Waals surface area contributed by atoms with Crippen LogP contribution in [-0.2, 0) is 0 Å². The van der Waals surface area contributed by atoms with Crippen molar-refractivity contribution in [2.24, 2.45) is 5.84 Å². The lowest BCUT2D eigenvalue weighted by atomic mass is 10.0. The van der Waals surface area contributed by atoms with E-state index in [0.29, 0.717) is 17.3 Å². The van der Waals surface area contributed by atoms with Crippen molar-refractivity contribution in [1.82, 2.24) is 5.43 Å².